The van der Waals surface area contributed by atoms with Gasteiger partial charge in [-0.2, -0.15) is 0 Å². The predicted octanol–water partition coefficient (Wildman–Crippen LogP) is 1.18. The summed E-state index contributed by atoms with van der Waals surface area (Å²) in [6, 6.07) is 9.76. The normalized spacial score (nSPS) is 14.3. The molecular weight excluding hydrogens is 242 g/mol. The van der Waals surface area contributed by atoms with Crippen molar-refractivity contribution in [3.8, 4) is 0 Å². The number of fused-ring (bicyclic) bond motifs is 1. The Balaban J connectivity index is 1.61. The van der Waals surface area contributed by atoms with Crippen LogP contribution in [0.5, 0.6) is 0 Å². The average molecular weight is 257 g/mol. The number of aromatic nitrogens is 1. The first-order valence-corrected chi connectivity index (χ1v) is 6.38. The van der Waals surface area contributed by atoms with E-state index in [2.05, 4.69) is 15.6 Å². The maximum Gasteiger partial charge on any atom is 0.268 e. The van der Waals surface area contributed by atoms with Crippen LogP contribution in [0.4, 0.5) is 0 Å². The zero-order valence-corrected chi connectivity index (χ0v) is 10.4. The Kier molecular flexibility index (Phi) is 2.95. The molecule has 0 unspecified atom stereocenters. The van der Waals surface area contributed by atoms with Gasteiger partial charge in [-0.1, -0.05) is 18.2 Å². The van der Waals surface area contributed by atoms with Gasteiger partial charge in [-0.15, -0.1) is 0 Å². The minimum absolute atomic E-state index is 0.0186. The summed E-state index contributed by atoms with van der Waals surface area (Å²) in [4.78, 5) is 26.4. The van der Waals surface area contributed by atoms with Crippen molar-refractivity contribution in [2.45, 2.75) is 18.9 Å². The summed E-state index contributed by atoms with van der Waals surface area (Å²) in [6.45, 7) is 0.0186. The van der Waals surface area contributed by atoms with Crippen molar-refractivity contribution >= 4 is 22.7 Å². The van der Waals surface area contributed by atoms with Crippen molar-refractivity contribution in [2.24, 2.45) is 0 Å². The van der Waals surface area contributed by atoms with E-state index < -0.39 is 0 Å². The molecule has 5 nitrogen and oxygen atoms in total. The molecule has 5 heteroatoms. The SMILES string of the molecule is O=C(CNC(=O)c1cc2ccccc2[nH]1)NC1CC1. The summed E-state index contributed by atoms with van der Waals surface area (Å²) >= 11 is 0. The van der Waals surface area contributed by atoms with E-state index in [1.165, 1.54) is 0 Å². The van der Waals surface area contributed by atoms with Gasteiger partial charge >= 0.3 is 0 Å². The summed E-state index contributed by atoms with van der Waals surface area (Å²) in [5, 5.41) is 6.42. The molecule has 0 spiro atoms. The Morgan fingerprint density at radius 1 is 1.26 bits per heavy atom. The monoisotopic (exact) mass is 257 g/mol. The molecule has 98 valence electrons. The van der Waals surface area contributed by atoms with E-state index in [0.717, 1.165) is 23.7 Å². The van der Waals surface area contributed by atoms with E-state index in [1.807, 2.05) is 24.3 Å². The molecule has 1 aliphatic carbocycles. The zero-order chi connectivity index (χ0) is 13.2. The van der Waals surface area contributed by atoms with Gasteiger partial charge in [0.1, 0.15) is 5.69 Å². The standard InChI is InChI=1S/C14H15N3O2/c18-13(16-10-5-6-10)8-15-14(19)12-7-9-3-1-2-4-11(9)17-12/h1-4,7,10,17H,5-6,8H2,(H,15,19)(H,16,18). The number of aromatic amines is 1. The van der Waals surface area contributed by atoms with E-state index in [4.69, 9.17) is 0 Å². The fourth-order valence-electron chi connectivity index (χ4n) is 1.96. The van der Waals surface area contributed by atoms with E-state index >= 15 is 0 Å². The average Bonchev–Trinajstić information content (AvgIpc) is 3.10. The summed E-state index contributed by atoms with van der Waals surface area (Å²) in [6.07, 6.45) is 2.09. The van der Waals surface area contributed by atoms with Crippen LogP contribution in [0.3, 0.4) is 0 Å². The summed E-state index contributed by atoms with van der Waals surface area (Å²) in [7, 11) is 0. The third-order valence-corrected chi connectivity index (χ3v) is 3.13. The van der Waals surface area contributed by atoms with Crippen LogP contribution in [0.15, 0.2) is 30.3 Å². The van der Waals surface area contributed by atoms with E-state index in [0.29, 0.717) is 11.7 Å². The van der Waals surface area contributed by atoms with E-state index in [9.17, 15) is 9.59 Å². The van der Waals surface area contributed by atoms with Gasteiger partial charge in [0.15, 0.2) is 0 Å². The number of carbonyl (C=O) groups is 2. The van der Waals surface area contributed by atoms with Gasteiger partial charge in [0.25, 0.3) is 5.91 Å². The second kappa shape index (κ2) is 4.76. The molecule has 0 bridgehead atoms. The van der Waals surface area contributed by atoms with Gasteiger partial charge in [-0.05, 0) is 25.0 Å². The lowest BCUT2D eigenvalue weighted by Crippen LogP contribution is -2.37. The highest BCUT2D eigenvalue weighted by atomic mass is 16.2. The van der Waals surface area contributed by atoms with Crippen LogP contribution in [0.1, 0.15) is 23.3 Å². The number of benzene rings is 1. The summed E-state index contributed by atoms with van der Waals surface area (Å²) in [5.74, 6) is -0.394. The molecule has 0 atom stereocenters. The van der Waals surface area contributed by atoms with Crippen molar-refractivity contribution in [1.29, 1.82) is 0 Å². The Morgan fingerprint density at radius 2 is 2.05 bits per heavy atom. The fraction of sp³-hybridized carbons (Fsp3) is 0.286. The molecule has 0 radical (unpaired) electrons. The van der Waals surface area contributed by atoms with Gasteiger partial charge in [0.2, 0.25) is 5.91 Å². The van der Waals surface area contributed by atoms with E-state index in [1.54, 1.807) is 6.07 Å². The third-order valence-electron chi connectivity index (χ3n) is 3.13. The van der Waals surface area contributed by atoms with Crippen molar-refractivity contribution < 1.29 is 9.59 Å². The number of amides is 2. The van der Waals surface area contributed by atoms with Gasteiger partial charge < -0.3 is 15.6 Å². The first-order valence-electron chi connectivity index (χ1n) is 6.38. The van der Waals surface area contributed by atoms with Crippen LogP contribution in [-0.4, -0.2) is 29.4 Å². The molecule has 1 aromatic carbocycles. The highest BCUT2D eigenvalue weighted by Crippen LogP contribution is 2.18. The van der Waals surface area contributed by atoms with Crippen LogP contribution in [0.25, 0.3) is 10.9 Å². The van der Waals surface area contributed by atoms with Crippen LogP contribution in [0, 0.1) is 0 Å². The lowest BCUT2D eigenvalue weighted by Gasteiger charge is -2.04. The van der Waals surface area contributed by atoms with Gasteiger partial charge in [-0.3, -0.25) is 9.59 Å². The van der Waals surface area contributed by atoms with Crippen molar-refractivity contribution in [2.75, 3.05) is 6.54 Å². The van der Waals surface area contributed by atoms with Gasteiger partial charge in [0.05, 0.1) is 6.54 Å². The fourth-order valence-corrected chi connectivity index (χ4v) is 1.96. The maximum absolute atomic E-state index is 11.9. The summed E-state index contributed by atoms with van der Waals surface area (Å²) < 4.78 is 0. The molecule has 1 fully saturated rings. The van der Waals surface area contributed by atoms with Crippen molar-refractivity contribution in [3.05, 3.63) is 36.0 Å². The largest absolute Gasteiger partial charge is 0.352 e. The predicted molar refractivity (Wildman–Crippen MR) is 71.8 cm³/mol. The number of H-pyrrole nitrogens is 1. The Bertz CT molecular complexity index is 595. The van der Waals surface area contributed by atoms with Crippen LogP contribution in [0.2, 0.25) is 0 Å². The quantitative estimate of drug-likeness (QED) is 0.769. The molecule has 1 saturated carbocycles. The van der Waals surface area contributed by atoms with Crippen molar-refractivity contribution in [1.82, 2.24) is 15.6 Å². The van der Waals surface area contributed by atoms with Crippen LogP contribution in [-0.2, 0) is 4.79 Å². The lowest BCUT2D eigenvalue weighted by molar-refractivity contribution is -0.120. The topological polar surface area (TPSA) is 74.0 Å². The van der Waals surface area contributed by atoms with Crippen LogP contribution < -0.4 is 10.6 Å². The second-order valence-electron chi connectivity index (χ2n) is 4.79. The van der Waals surface area contributed by atoms with Gasteiger partial charge in [-0.25, -0.2) is 0 Å². The zero-order valence-electron chi connectivity index (χ0n) is 10.4. The molecule has 1 aromatic heterocycles. The molecule has 3 rings (SSSR count). The lowest BCUT2D eigenvalue weighted by atomic mass is 10.2. The highest BCUT2D eigenvalue weighted by Gasteiger charge is 2.23. The molecular formula is C14H15N3O2. The Hall–Kier alpha value is -2.30. The van der Waals surface area contributed by atoms with Crippen molar-refractivity contribution in [3.63, 3.8) is 0 Å². The molecule has 0 saturated heterocycles. The van der Waals surface area contributed by atoms with Crippen LogP contribution >= 0.6 is 0 Å². The first-order chi connectivity index (χ1) is 9.22. The highest BCUT2D eigenvalue weighted by molar-refractivity contribution is 5.99. The number of nitrogens with one attached hydrogen (secondary N) is 3. The maximum atomic E-state index is 11.9. The number of rotatable bonds is 4. The molecule has 0 aliphatic heterocycles. The molecule has 1 aliphatic rings. The molecule has 3 N–H and O–H groups in total. The number of carbonyl (C=O) groups excluding carboxylic acids is 2. The Labute approximate surface area is 110 Å². The first kappa shape index (κ1) is 11.8. The minimum atomic E-state index is -0.262. The number of hydrogen-bond acceptors (Lipinski definition) is 2. The molecule has 19 heavy (non-hydrogen) atoms. The second-order valence-corrected chi connectivity index (χ2v) is 4.79. The molecule has 2 amide bonds. The number of hydrogen-bond donors (Lipinski definition) is 3. The van der Waals surface area contributed by atoms with E-state index in [-0.39, 0.29) is 18.4 Å². The smallest absolute Gasteiger partial charge is 0.268 e. The molecule has 1 heterocycles. The third kappa shape index (κ3) is 2.76. The molecule has 2 aromatic rings. The number of para-hydroxylation sites is 1. The minimum Gasteiger partial charge on any atom is -0.352 e. The Morgan fingerprint density at radius 3 is 2.79 bits per heavy atom. The van der Waals surface area contributed by atoms with Gasteiger partial charge in [0, 0.05) is 16.9 Å². The summed E-state index contributed by atoms with van der Waals surface area (Å²) in [5.41, 5.74) is 1.38.